The van der Waals surface area contributed by atoms with Gasteiger partial charge in [-0.15, -0.1) is 0 Å². The minimum absolute atomic E-state index is 0.0766. The van der Waals surface area contributed by atoms with Crippen LogP contribution in [-0.2, 0) is 4.74 Å². The second-order valence-corrected chi connectivity index (χ2v) is 5.92. The molecule has 0 atom stereocenters. The molecule has 1 N–H and O–H groups in total. The maximum Gasteiger partial charge on any atom is 0.255 e. The van der Waals surface area contributed by atoms with E-state index in [1.165, 1.54) is 5.69 Å². The number of nitrogens with zero attached hydrogens (tertiary/aromatic N) is 1. The molecule has 23 heavy (non-hydrogen) atoms. The lowest BCUT2D eigenvalue weighted by molar-refractivity contribution is 0.102. The molecule has 2 aromatic carbocycles. The number of nitrogens with one attached hydrogen (secondary N) is 1. The summed E-state index contributed by atoms with van der Waals surface area (Å²) in [7, 11) is 0. The summed E-state index contributed by atoms with van der Waals surface area (Å²) in [5, 5.41) is 2.99. The molecule has 0 bridgehead atoms. The Labute approximate surface area is 137 Å². The fourth-order valence-corrected chi connectivity index (χ4v) is 2.71. The fraction of sp³-hybridized carbons (Fsp3) is 0.316. The van der Waals surface area contributed by atoms with Crippen LogP contribution in [0.15, 0.2) is 42.5 Å². The van der Waals surface area contributed by atoms with Crippen LogP contribution in [0.3, 0.4) is 0 Å². The predicted octanol–water partition coefficient (Wildman–Crippen LogP) is 3.39. The Morgan fingerprint density at radius 3 is 2.39 bits per heavy atom. The third-order valence-corrected chi connectivity index (χ3v) is 4.15. The molecule has 0 unspecified atom stereocenters. The maximum absolute atomic E-state index is 12.3. The normalized spacial score (nSPS) is 14.6. The highest BCUT2D eigenvalue weighted by Gasteiger charge is 2.13. The molecular weight excluding hydrogens is 288 g/mol. The van der Waals surface area contributed by atoms with E-state index in [-0.39, 0.29) is 5.91 Å². The van der Waals surface area contributed by atoms with E-state index < -0.39 is 0 Å². The van der Waals surface area contributed by atoms with E-state index in [1.807, 2.05) is 44.2 Å². The first-order chi connectivity index (χ1) is 11.1. The molecular formula is C19H22N2O2. The number of benzene rings is 2. The quantitative estimate of drug-likeness (QED) is 0.945. The van der Waals surface area contributed by atoms with Crippen molar-refractivity contribution in [3.8, 4) is 0 Å². The van der Waals surface area contributed by atoms with Gasteiger partial charge in [-0.3, -0.25) is 4.79 Å². The molecule has 0 aromatic heterocycles. The van der Waals surface area contributed by atoms with E-state index >= 15 is 0 Å². The van der Waals surface area contributed by atoms with Crippen LogP contribution >= 0.6 is 0 Å². The van der Waals surface area contributed by atoms with Gasteiger partial charge in [-0.2, -0.15) is 0 Å². The van der Waals surface area contributed by atoms with Crippen LogP contribution in [0.25, 0.3) is 0 Å². The maximum atomic E-state index is 12.3. The highest BCUT2D eigenvalue weighted by molar-refractivity contribution is 6.04. The molecule has 0 radical (unpaired) electrons. The zero-order valence-corrected chi connectivity index (χ0v) is 13.6. The van der Waals surface area contributed by atoms with Gasteiger partial charge in [0.25, 0.3) is 5.91 Å². The lowest BCUT2D eigenvalue weighted by Crippen LogP contribution is -2.36. The van der Waals surface area contributed by atoms with E-state index in [0.717, 1.165) is 43.1 Å². The average molecular weight is 310 g/mol. The van der Waals surface area contributed by atoms with Crippen LogP contribution in [0, 0.1) is 13.8 Å². The highest BCUT2D eigenvalue weighted by atomic mass is 16.5. The molecule has 2 aromatic rings. The molecule has 4 nitrogen and oxygen atoms in total. The smallest absolute Gasteiger partial charge is 0.255 e. The molecule has 120 valence electrons. The lowest BCUT2D eigenvalue weighted by atomic mass is 10.1. The molecule has 4 heteroatoms. The van der Waals surface area contributed by atoms with Crippen molar-refractivity contribution in [2.45, 2.75) is 13.8 Å². The number of rotatable bonds is 3. The van der Waals surface area contributed by atoms with E-state index in [0.29, 0.717) is 5.56 Å². The van der Waals surface area contributed by atoms with E-state index in [9.17, 15) is 4.79 Å². The molecule has 1 saturated heterocycles. The van der Waals surface area contributed by atoms with Crippen LogP contribution < -0.4 is 10.2 Å². The van der Waals surface area contributed by atoms with Crippen LogP contribution in [0.1, 0.15) is 21.5 Å². The number of carbonyl (C=O) groups excluding carboxylic acids is 1. The molecule has 1 fully saturated rings. The van der Waals surface area contributed by atoms with E-state index in [4.69, 9.17) is 4.74 Å². The van der Waals surface area contributed by atoms with Crippen molar-refractivity contribution in [3.63, 3.8) is 0 Å². The van der Waals surface area contributed by atoms with Gasteiger partial charge in [-0.05, 0) is 49.7 Å². The summed E-state index contributed by atoms with van der Waals surface area (Å²) < 4.78 is 5.39. The second-order valence-electron chi connectivity index (χ2n) is 5.92. The van der Waals surface area contributed by atoms with Gasteiger partial charge >= 0.3 is 0 Å². The fourth-order valence-electron chi connectivity index (χ4n) is 2.71. The Morgan fingerprint density at radius 1 is 1.04 bits per heavy atom. The van der Waals surface area contributed by atoms with Gasteiger partial charge in [0.15, 0.2) is 0 Å². The van der Waals surface area contributed by atoms with Gasteiger partial charge in [0.2, 0.25) is 0 Å². The van der Waals surface area contributed by atoms with E-state index in [2.05, 4.69) is 22.3 Å². The highest BCUT2D eigenvalue weighted by Crippen LogP contribution is 2.24. The summed E-state index contributed by atoms with van der Waals surface area (Å²) in [6, 6.07) is 13.8. The number of hydrogen-bond acceptors (Lipinski definition) is 3. The predicted molar refractivity (Wildman–Crippen MR) is 93.3 cm³/mol. The van der Waals surface area contributed by atoms with Gasteiger partial charge in [-0.25, -0.2) is 0 Å². The van der Waals surface area contributed by atoms with Gasteiger partial charge < -0.3 is 15.0 Å². The van der Waals surface area contributed by atoms with Gasteiger partial charge in [0.1, 0.15) is 0 Å². The minimum Gasteiger partial charge on any atom is -0.378 e. The Morgan fingerprint density at radius 2 is 1.74 bits per heavy atom. The number of ether oxygens (including phenoxy) is 1. The summed E-state index contributed by atoms with van der Waals surface area (Å²) in [6.07, 6.45) is 0. The van der Waals surface area contributed by atoms with Gasteiger partial charge in [-0.1, -0.05) is 17.7 Å². The number of anilines is 2. The molecule has 0 aliphatic carbocycles. The molecule has 0 spiro atoms. The monoisotopic (exact) mass is 310 g/mol. The first kappa shape index (κ1) is 15.6. The second kappa shape index (κ2) is 6.84. The minimum atomic E-state index is -0.0766. The summed E-state index contributed by atoms with van der Waals surface area (Å²) in [5.41, 5.74) is 4.92. The molecule has 1 heterocycles. The standard InChI is InChI=1S/C19H22N2O2/c1-14-3-5-16(6-4-14)19(22)20-18-8-7-17(13-15(18)2)21-9-11-23-12-10-21/h3-8,13H,9-12H2,1-2H3,(H,20,22). The van der Waals surface area contributed by atoms with E-state index in [1.54, 1.807) is 0 Å². The van der Waals surface area contributed by atoms with Crippen LogP contribution in [-0.4, -0.2) is 32.2 Å². The van der Waals surface area contributed by atoms with Crippen molar-refractivity contribution >= 4 is 17.3 Å². The lowest BCUT2D eigenvalue weighted by Gasteiger charge is -2.29. The van der Waals surface area contributed by atoms with Crippen molar-refractivity contribution in [1.82, 2.24) is 0 Å². The number of hydrogen-bond donors (Lipinski definition) is 1. The van der Waals surface area contributed by atoms with Crippen molar-refractivity contribution in [2.75, 3.05) is 36.5 Å². The van der Waals surface area contributed by atoms with Crippen molar-refractivity contribution < 1.29 is 9.53 Å². The topological polar surface area (TPSA) is 41.6 Å². The van der Waals surface area contributed by atoms with Crippen LogP contribution in [0.4, 0.5) is 11.4 Å². The number of carbonyl (C=O) groups is 1. The Hall–Kier alpha value is -2.33. The molecule has 1 aliphatic rings. The zero-order chi connectivity index (χ0) is 16.2. The molecule has 3 rings (SSSR count). The Balaban J connectivity index is 1.73. The molecule has 0 saturated carbocycles. The zero-order valence-electron chi connectivity index (χ0n) is 13.6. The van der Waals surface area contributed by atoms with Gasteiger partial charge in [0.05, 0.1) is 13.2 Å². The van der Waals surface area contributed by atoms with Crippen LogP contribution in [0.2, 0.25) is 0 Å². The van der Waals surface area contributed by atoms with Gasteiger partial charge in [0, 0.05) is 30.0 Å². The summed E-state index contributed by atoms with van der Waals surface area (Å²) in [6.45, 7) is 7.39. The Bertz CT molecular complexity index is 689. The first-order valence-corrected chi connectivity index (χ1v) is 7.95. The molecule has 1 amide bonds. The summed E-state index contributed by atoms with van der Waals surface area (Å²) in [4.78, 5) is 14.6. The van der Waals surface area contributed by atoms with Crippen molar-refractivity contribution in [3.05, 3.63) is 59.2 Å². The third kappa shape index (κ3) is 3.71. The average Bonchev–Trinajstić information content (AvgIpc) is 2.58. The summed E-state index contributed by atoms with van der Waals surface area (Å²) >= 11 is 0. The molecule has 1 aliphatic heterocycles. The first-order valence-electron chi connectivity index (χ1n) is 7.95. The number of amides is 1. The Kier molecular flexibility index (Phi) is 4.63. The van der Waals surface area contributed by atoms with Crippen molar-refractivity contribution in [1.29, 1.82) is 0 Å². The largest absolute Gasteiger partial charge is 0.378 e. The SMILES string of the molecule is Cc1ccc(C(=O)Nc2ccc(N3CCOCC3)cc2C)cc1. The van der Waals surface area contributed by atoms with Crippen LogP contribution in [0.5, 0.6) is 0 Å². The third-order valence-electron chi connectivity index (χ3n) is 4.15. The number of aryl methyl sites for hydroxylation is 2. The number of morpholine rings is 1. The van der Waals surface area contributed by atoms with Crippen molar-refractivity contribution in [2.24, 2.45) is 0 Å². The summed E-state index contributed by atoms with van der Waals surface area (Å²) in [5.74, 6) is -0.0766.